The Kier molecular flexibility index (Phi) is 2.14. The first-order valence-electron chi connectivity index (χ1n) is 3.10. The maximum atomic E-state index is 8.97. The first-order valence-corrected chi connectivity index (χ1v) is 3.10. The lowest BCUT2D eigenvalue weighted by molar-refractivity contribution is 0.237. The minimum absolute atomic E-state index is 0.0441. The van der Waals surface area contributed by atoms with Gasteiger partial charge in [0.2, 0.25) is 0 Å². The van der Waals surface area contributed by atoms with E-state index >= 15 is 0 Å². The zero-order valence-corrected chi connectivity index (χ0v) is 6.42. The molecule has 1 aliphatic carbocycles. The van der Waals surface area contributed by atoms with Gasteiger partial charge in [-0.3, -0.25) is 0 Å². The molecule has 3 heteroatoms. The molecule has 0 aromatic heterocycles. The van der Waals surface area contributed by atoms with Crippen LogP contribution in [-0.4, -0.2) is 19.3 Å². The van der Waals surface area contributed by atoms with Crippen LogP contribution in [0.5, 0.6) is 0 Å². The summed E-state index contributed by atoms with van der Waals surface area (Å²) in [4.78, 5) is 0. The first kappa shape index (κ1) is 7.63. The third-order valence-corrected chi connectivity index (χ3v) is 1.30. The van der Waals surface area contributed by atoms with Crippen LogP contribution < -0.4 is 0 Å². The number of methoxy groups -OCH3 is 2. The molecule has 3 nitrogen and oxygen atoms in total. The molecule has 58 valence electrons. The number of allylic oxidation sites excluding steroid dienone is 3. The van der Waals surface area contributed by atoms with Crippen molar-refractivity contribution in [1.82, 2.24) is 0 Å². The lowest BCUT2D eigenvalue weighted by atomic mass is 10.2. The predicted octanol–water partition coefficient (Wildman–Crippen LogP) is 1.31. The number of aliphatic hydroxyl groups excluding tert-OH is 1. The average Bonchev–Trinajstić information content (AvgIpc) is 2.04. The summed E-state index contributed by atoms with van der Waals surface area (Å²) in [5.74, 6) is 1.11. The summed E-state index contributed by atoms with van der Waals surface area (Å²) in [5.41, 5.74) is 0. The maximum absolute atomic E-state index is 8.97. The van der Waals surface area contributed by atoms with E-state index in [1.807, 2.05) is 0 Å². The molecule has 0 radical (unpaired) electrons. The molecule has 0 bridgehead atoms. The summed E-state index contributed by atoms with van der Waals surface area (Å²) >= 11 is 0. The molecule has 0 atom stereocenters. The Balaban J connectivity index is 2.95. The van der Waals surface area contributed by atoms with Crippen molar-refractivity contribution < 1.29 is 14.6 Å². The van der Waals surface area contributed by atoms with Gasteiger partial charge in [0.25, 0.3) is 17.3 Å². The van der Waals surface area contributed by atoms with Crippen LogP contribution in [0.25, 0.3) is 0 Å². The molecule has 11 heavy (non-hydrogen) atoms. The van der Waals surface area contributed by atoms with Crippen LogP contribution in [-0.2, 0) is 9.47 Å². The molecule has 0 unspecified atom stereocenters. The Bertz CT molecular complexity index is 236. The smallest absolute Gasteiger partial charge is 0.291 e. The van der Waals surface area contributed by atoms with E-state index in [1.54, 1.807) is 0 Å². The number of hydrogen-bond acceptors (Lipinski definition) is 3. The van der Waals surface area contributed by atoms with E-state index in [0.29, 0.717) is 11.5 Å². The average molecular weight is 153 g/mol. The van der Waals surface area contributed by atoms with E-state index in [4.69, 9.17) is 14.6 Å². The Labute approximate surface area is 65.2 Å². The lowest BCUT2D eigenvalue weighted by Crippen LogP contribution is -1.97. The van der Waals surface area contributed by atoms with Crippen molar-refractivity contribution in [2.24, 2.45) is 0 Å². The Morgan fingerprint density at radius 1 is 1.27 bits per heavy atom. The van der Waals surface area contributed by atoms with Gasteiger partial charge in [-0.2, -0.15) is 0 Å². The van der Waals surface area contributed by atoms with Gasteiger partial charge in [-0.1, -0.05) is 0 Å². The van der Waals surface area contributed by atoms with E-state index in [1.165, 1.54) is 26.4 Å². The van der Waals surface area contributed by atoms with Crippen LogP contribution in [0.15, 0.2) is 29.4 Å². The van der Waals surface area contributed by atoms with Gasteiger partial charge in [0.15, 0.2) is 6.08 Å². The Morgan fingerprint density at radius 2 is 1.91 bits per heavy atom. The van der Waals surface area contributed by atoms with Gasteiger partial charge in [0.1, 0.15) is 6.08 Å². The summed E-state index contributed by atoms with van der Waals surface area (Å²) < 4.78 is 9.84. The normalized spacial score (nSPS) is 15.6. The van der Waals surface area contributed by atoms with Gasteiger partial charge < -0.3 is 14.6 Å². The fourth-order valence-electron chi connectivity index (χ4n) is 0.767. The van der Waals surface area contributed by atoms with Crippen LogP contribution in [0.2, 0.25) is 0 Å². The van der Waals surface area contributed by atoms with Crippen LogP contribution >= 0.6 is 0 Å². The van der Waals surface area contributed by atoms with Crippen molar-refractivity contribution in [3.05, 3.63) is 35.5 Å². The van der Waals surface area contributed by atoms with E-state index in [2.05, 4.69) is 6.08 Å². The van der Waals surface area contributed by atoms with Crippen molar-refractivity contribution in [1.29, 1.82) is 0 Å². The molecule has 0 amide bonds. The van der Waals surface area contributed by atoms with Gasteiger partial charge in [-0.05, 0) is 0 Å². The third kappa shape index (κ3) is 1.51. The third-order valence-electron chi connectivity index (χ3n) is 1.30. The van der Waals surface area contributed by atoms with Gasteiger partial charge >= 0.3 is 0 Å². The van der Waals surface area contributed by atoms with Gasteiger partial charge in [0.05, 0.1) is 20.3 Å². The fourth-order valence-corrected chi connectivity index (χ4v) is 0.767. The second kappa shape index (κ2) is 3.08. The topological polar surface area (TPSA) is 38.7 Å². The minimum atomic E-state index is 0.0441. The van der Waals surface area contributed by atoms with Gasteiger partial charge in [-0.25, -0.2) is 0 Å². The summed E-state index contributed by atoms with van der Waals surface area (Å²) in [6.07, 6.45) is 5.54. The van der Waals surface area contributed by atoms with Crippen LogP contribution in [0.1, 0.15) is 0 Å². The van der Waals surface area contributed by atoms with Gasteiger partial charge in [-0.15, -0.1) is 0 Å². The molecule has 1 N–H and O–H groups in total. The number of hydrogen-bond donors (Lipinski definition) is 1. The Morgan fingerprint density at radius 3 is 2.45 bits per heavy atom. The summed E-state index contributed by atoms with van der Waals surface area (Å²) in [6.45, 7) is 0. The molecule has 1 aliphatic rings. The highest BCUT2D eigenvalue weighted by atomic mass is 16.5. The molecule has 0 aromatic rings. The molecule has 0 fully saturated rings. The van der Waals surface area contributed by atoms with E-state index < -0.39 is 0 Å². The Hall–Kier alpha value is -1.47. The van der Waals surface area contributed by atoms with Crippen LogP contribution in [0, 0.1) is 6.08 Å². The number of ether oxygens (including phenoxy) is 2. The highest BCUT2D eigenvalue weighted by Gasteiger charge is 2.18. The van der Waals surface area contributed by atoms with Crippen molar-refractivity contribution in [2.45, 2.75) is 0 Å². The van der Waals surface area contributed by atoms with Crippen LogP contribution in [0.4, 0.5) is 0 Å². The van der Waals surface area contributed by atoms with E-state index in [9.17, 15) is 0 Å². The molecule has 0 saturated carbocycles. The van der Waals surface area contributed by atoms with Crippen molar-refractivity contribution in [3.63, 3.8) is 0 Å². The standard InChI is InChI=1S/C8H8O3/c1-10-7-4-3-6(9)5-8(7)11-2/h4-5H,1-2H3/p+1. The number of aliphatic hydroxyl groups is 1. The molecule has 0 saturated heterocycles. The highest BCUT2D eigenvalue weighted by Crippen LogP contribution is 2.16. The zero-order chi connectivity index (χ0) is 8.27. The number of rotatable bonds is 2. The quantitative estimate of drug-likeness (QED) is 0.608. The minimum Gasteiger partial charge on any atom is -0.481 e. The van der Waals surface area contributed by atoms with Crippen molar-refractivity contribution in [2.75, 3.05) is 14.2 Å². The first-order chi connectivity index (χ1) is 5.27. The van der Waals surface area contributed by atoms with Crippen molar-refractivity contribution in [3.8, 4) is 0 Å². The molecule has 0 spiro atoms. The van der Waals surface area contributed by atoms with Gasteiger partial charge in [0, 0.05) is 0 Å². The molecule has 0 aromatic carbocycles. The molecule has 0 heterocycles. The largest absolute Gasteiger partial charge is 0.481 e. The fraction of sp³-hybridized carbons (Fsp3) is 0.250. The molecular formula is C8H9O3+. The summed E-state index contributed by atoms with van der Waals surface area (Å²) in [5, 5.41) is 8.97. The van der Waals surface area contributed by atoms with E-state index in [0.717, 1.165) is 0 Å². The predicted molar refractivity (Wildman–Crippen MR) is 39.6 cm³/mol. The molecular weight excluding hydrogens is 144 g/mol. The highest BCUT2D eigenvalue weighted by molar-refractivity contribution is 5.33. The monoisotopic (exact) mass is 153 g/mol. The SMILES string of the molecule is COC1=C(OC)C=C(O)[C+]=C1. The lowest BCUT2D eigenvalue weighted by Gasteiger charge is -2.00. The maximum Gasteiger partial charge on any atom is 0.291 e. The second-order valence-corrected chi connectivity index (χ2v) is 1.96. The zero-order valence-electron chi connectivity index (χ0n) is 6.42. The van der Waals surface area contributed by atoms with E-state index in [-0.39, 0.29) is 5.76 Å². The second-order valence-electron chi connectivity index (χ2n) is 1.96. The summed E-state index contributed by atoms with van der Waals surface area (Å²) in [6, 6.07) is 0. The summed E-state index contributed by atoms with van der Waals surface area (Å²) in [7, 11) is 3.04. The molecule has 0 aliphatic heterocycles. The van der Waals surface area contributed by atoms with Crippen LogP contribution in [0.3, 0.4) is 0 Å². The molecule has 1 rings (SSSR count). The van der Waals surface area contributed by atoms with Crippen molar-refractivity contribution >= 4 is 0 Å².